The lowest BCUT2D eigenvalue weighted by molar-refractivity contribution is 0.624. The second kappa shape index (κ2) is 5.36. The summed E-state index contributed by atoms with van der Waals surface area (Å²) in [4.78, 5) is 0.950. The third kappa shape index (κ3) is 2.90. The Balaban J connectivity index is 2.36. The van der Waals surface area contributed by atoms with Crippen LogP contribution in [0.15, 0.2) is 32.5 Å². The molecule has 1 heterocycles. The second-order valence-corrected chi connectivity index (χ2v) is 7.08. The van der Waals surface area contributed by atoms with E-state index < -0.39 is 5.82 Å². The van der Waals surface area contributed by atoms with Gasteiger partial charge < -0.3 is 5.73 Å². The molecule has 1 aromatic carbocycles. The Bertz CT molecular complexity index is 539. The van der Waals surface area contributed by atoms with E-state index in [1.54, 1.807) is 6.07 Å². The minimum Gasteiger partial charge on any atom is -0.320 e. The monoisotopic (exact) mass is 397 g/mol. The van der Waals surface area contributed by atoms with E-state index in [1.807, 2.05) is 6.07 Å². The molecule has 2 rings (SSSR count). The molecule has 2 aromatic rings. The fourth-order valence-electron chi connectivity index (χ4n) is 1.39. The van der Waals surface area contributed by atoms with Crippen molar-refractivity contribution >= 4 is 54.8 Å². The number of hydrogen-bond acceptors (Lipinski definition) is 2. The second-order valence-electron chi connectivity index (χ2n) is 3.42. The molecule has 1 atom stereocenters. The molecule has 1 nitrogen and oxygen atoms in total. The number of hydrogen-bond donors (Lipinski definition) is 1. The molecule has 0 aliphatic heterocycles. The summed E-state index contributed by atoms with van der Waals surface area (Å²) >= 11 is 13.9. The molecule has 90 valence electrons. The van der Waals surface area contributed by atoms with Crippen LogP contribution in [0.1, 0.15) is 16.5 Å². The molecular formula is C11H7Br2ClFNS. The fourth-order valence-corrected chi connectivity index (χ4v) is 3.62. The number of halogens is 4. The van der Waals surface area contributed by atoms with Crippen LogP contribution in [0.2, 0.25) is 5.02 Å². The predicted octanol–water partition coefficient (Wildman–Crippen LogP) is 5.11. The average molecular weight is 400 g/mol. The highest BCUT2D eigenvalue weighted by Crippen LogP contribution is 2.37. The zero-order valence-electron chi connectivity index (χ0n) is 8.38. The van der Waals surface area contributed by atoms with Gasteiger partial charge in [-0.25, -0.2) is 4.39 Å². The summed E-state index contributed by atoms with van der Waals surface area (Å²) < 4.78 is 15.3. The summed E-state index contributed by atoms with van der Waals surface area (Å²) in [6.07, 6.45) is 0. The topological polar surface area (TPSA) is 26.0 Å². The Morgan fingerprint density at radius 2 is 2.00 bits per heavy atom. The molecule has 0 radical (unpaired) electrons. The molecule has 1 aromatic heterocycles. The van der Waals surface area contributed by atoms with E-state index in [-0.39, 0.29) is 11.1 Å². The van der Waals surface area contributed by atoms with Gasteiger partial charge in [-0.2, -0.15) is 0 Å². The zero-order valence-corrected chi connectivity index (χ0v) is 13.1. The first-order chi connectivity index (χ1) is 7.99. The predicted molar refractivity (Wildman–Crippen MR) is 77.2 cm³/mol. The summed E-state index contributed by atoms with van der Waals surface area (Å²) in [5, 5.41) is 0.106. The van der Waals surface area contributed by atoms with Crippen molar-refractivity contribution in [3.8, 4) is 0 Å². The average Bonchev–Trinajstić information content (AvgIpc) is 2.62. The third-order valence-corrected chi connectivity index (χ3v) is 5.92. The summed E-state index contributed by atoms with van der Waals surface area (Å²) in [7, 11) is 0. The van der Waals surface area contributed by atoms with Gasteiger partial charge in [0.15, 0.2) is 0 Å². The molecule has 2 N–H and O–H groups in total. The highest BCUT2D eigenvalue weighted by Gasteiger charge is 2.15. The first-order valence-electron chi connectivity index (χ1n) is 4.64. The number of nitrogens with two attached hydrogens (primary N) is 1. The summed E-state index contributed by atoms with van der Waals surface area (Å²) in [6, 6.07) is 6.19. The Hall–Kier alpha value is 0.0600. The van der Waals surface area contributed by atoms with Crippen LogP contribution in [0.25, 0.3) is 0 Å². The van der Waals surface area contributed by atoms with Gasteiger partial charge in [-0.05, 0) is 55.6 Å². The van der Waals surface area contributed by atoms with Gasteiger partial charge >= 0.3 is 0 Å². The maximum absolute atomic E-state index is 13.3. The van der Waals surface area contributed by atoms with Crippen molar-refractivity contribution in [2.24, 2.45) is 5.73 Å². The van der Waals surface area contributed by atoms with E-state index in [0.29, 0.717) is 5.56 Å². The van der Waals surface area contributed by atoms with Gasteiger partial charge in [0.05, 0.1) is 14.9 Å². The smallest absolute Gasteiger partial charge is 0.142 e. The van der Waals surface area contributed by atoms with Gasteiger partial charge in [-0.3, -0.25) is 0 Å². The summed E-state index contributed by atoms with van der Waals surface area (Å²) in [6.45, 7) is 0. The van der Waals surface area contributed by atoms with Crippen molar-refractivity contribution in [1.29, 1.82) is 0 Å². The first-order valence-corrected chi connectivity index (χ1v) is 7.42. The minimum absolute atomic E-state index is 0.106. The fraction of sp³-hybridized carbons (Fsp3) is 0.0909. The molecule has 1 unspecified atom stereocenters. The van der Waals surface area contributed by atoms with Crippen molar-refractivity contribution < 1.29 is 4.39 Å². The van der Waals surface area contributed by atoms with Crippen LogP contribution in [0.5, 0.6) is 0 Å². The van der Waals surface area contributed by atoms with E-state index in [2.05, 4.69) is 31.9 Å². The van der Waals surface area contributed by atoms with Crippen molar-refractivity contribution in [2.45, 2.75) is 6.04 Å². The molecule has 0 fully saturated rings. The maximum Gasteiger partial charge on any atom is 0.142 e. The van der Waals surface area contributed by atoms with E-state index in [4.69, 9.17) is 17.3 Å². The van der Waals surface area contributed by atoms with Crippen LogP contribution in [0, 0.1) is 5.82 Å². The lowest BCUT2D eigenvalue weighted by Gasteiger charge is -2.10. The van der Waals surface area contributed by atoms with Gasteiger partial charge in [-0.15, -0.1) is 11.3 Å². The van der Waals surface area contributed by atoms with Gasteiger partial charge in [0.1, 0.15) is 5.82 Å². The number of rotatable bonds is 2. The lowest BCUT2D eigenvalue weighted by Crippen LogP contribution is -2.10. The van der Waals surface area contributed by atoms with E-state index >= 15 is 0 Å². The largest absolute Gasteiger partial charge is 0.320 e. The van der Waals surface area contributed by atoms with Crippen molar-refractivity contribution in [1.82, 2.24) is 0 Å². The summed E-state index contributed by atoms with van der Waals surface area (Å²) in [5.41, 5.74) is 6.78. The van der Waals surface area contributed by atoms with Crippen LogP contribution in [-0.4, -0.2) is 0 Å². The van der Waals surface area contributed by atoms with E-state index in [9.17, 15) is 4.39 Å². The standard InChI is InChI=1S/C11H7Br2ClFNS/c12-6-4-9(17-11(6)13)10(16)5-1-2-7(14)8(15)3-5/h1-4,10H,16H2. The zero-order chi connectivity index (χ0) is 12.6. The van der Waals surface area contributed by atoms with E-state index in [0.717, 1.165) is 13.1 Å². The van der Waals surface area contributed by atoms with E-state index in [1.165, 1.54) is 23.5 Å². The third-order valence-electron chi connectivity index (χ3n) is 2.27. The Morgan fingerprint density at radius 3 is 2.53 bits per heavy atom. The molecule has 0 aliphatic carbocycles. The van der Waals surface area contributed by atoms with Crippen LogP contribution >= 0.6 is 54.8 Å². The van der Waals surface area contributed by atoms with Gasteiger partial charge in [-0.1, -0.05) is 17.7 Å². The van der Waals surface area contributed by atoms with Crippen molar-refractivity contribution in [3.63, 3.8) is 0 Å². The Labute approximate surface area is 124 Å². The molecule has 0 aliphatic rings. The molecule has 6 heteroatoms. The molecule has 0 bridgehead atoms. The molecule has 0 amide bonds. The Kier molecular flexibility index (Phi) is 4.26. The first kappa shape index (κ1) is 13.5. The summed E-state index contributed by atoms with van der Waals surface area (Å²) in [5.74, 6) is -0.450. The molecule has 0 spiro atoms. The maximum atomic E-state index is 13.3. The molecule has 17 heavy (non-hydrogen) atoms. The van der Waals surface area contributed by atoms with Crippen LogP contribution in [-0.2, 0) is 0 Å². The van der Waals surface area contributed by atoms with Crippen LogP contribution < -0.4 is 5.73 Å². The Morgan fingerprint density at radius 1 is 1.29 bits per heavy atom. The number of benzene rings is 1. The molecule has 0 saturated heterocycles. The quantitative estimate of drug-likeness (QED) is 0.746. The van der Waals surface area contributed by atoms with Crippen LogP contribution in [0.3, 0.4) is 0 Å². The lowest BCUT2D eigenvalue weighted by atomic mass is 10.1. The highest BCUT2D eigenvalue weighted by atomic mass is 79.9. The number of thiophene rings is 1. The highest BCUT2D eigenvalue weighted by molar-refractivity contribution is 9.13. The van der Waals surface area contributed by atoms with Gasteiger partial charge in [0.2, 0.25) is 0 Å². The SMILES string of the molecule is NC(c1ccc(Cl)c(F)c1)c1cc(Br)c(Br)s1. The van der Waals surface area contributed by atoms with Crippen molar-refractivity contribution in [3.05, 3.63) is 53.8 Å². The van der Waals surface area contributed by atoms with Gasteiger partial charge in [0, 0.05) is 9.35 Å². The van der Waals surface area contributed by atoms with Crippen LogP contribution in [0.4, 0.5) is 4.39 Å². The minimum atomic E-state index is -0.450. The molecular weight excluding hydrogens is 392 g/mol. The van der Waals surface area contributed by atoms with Crippen molar-refractivity contribution in [2.75, 3.05) is 0 Å². The molecule has 0 saturated carbocycles. The normalized spacial score (nSPS) is 12.8. The van der Waals surface area contributed by atoms with Gasteiger partial charge in [0.25, 0.3) is 0 Å².